The van der Waals surface area contributed by atoms with Crippen LogP contribution in [0.25, 0.3) is 0 Å². The molecule has 0 aliphatic heterocycles. The summed E-state index contributed by atoms with van der Waals surface area (Å²) in [6.07, 6.45) is 7.99. The van der Waals surface area contributed by atoms with E-state index in [0.717, 1.165) is 12.0 Å². The van der Waals surface area contributed by atoms with Crippen molar-refractivity contribution in [2.45, 2.75) is 65.2 Å². The SMILES string of the molecule is CCCCCCc1ccc(C=NN(C)c2oc(C(C)(C)C)nc2C#N)cc1. The molecule has 0 radical (unpaired) electrons. The Morgan fingerprint density at radius 3 is 2.48 bits per heavy atom. The molecule has 0 fully saturated rings. The molecule has 1 aromatic carbocycles. The normalized spacial score (nSPS) is 11.7. The molecule has 0 aliphatic rings. The predicted octanol–water partition coefficient (Wildman–Crippen LogP) is 5.44. The highest BCUT2D eigenvalue weighted by Gasteiger charge is 2.25. The van der Waals surface area contributed by atoms with Crippen LogP contribution in [0.5, 0.6) is 0 Å². The smallest absolute Gasteiger partial charge is 0.254 e. The van der Waals surface area contributed by atoms with E-state index in [1.165, 1.54) is 31.2 Å². The molecule has 1 aromatic heterocycles. The van der Waals surface area contributed by atoms with E-state index in [0.29, 0.717) is 11.8 Å². The molecule has 0 saturated heterocycles. The van der Waals surface area contributed by atoms with Crippen LogP contribution in [0.1, 0.15) is 76.1 Å². The second-order valence-corrected chi connectivity index (χ2v) is 7.85. The van der Waals surface area contributed by atoms with Gasteiger partial charge in [-0.25, -0.2) is 5.01 Å². The van der Waals surface area contributed by atoms with Gasteiger partial charge in [0.2, 0.25) is 11.6 Å². The van der Waals surface area contributed by atoms with E-state index in [2.05, 4.69) is 47.3 Å². The molecule has 5 nitrogen and oxygen atoms in total. The highest BCUT2D eigenvalue weighted by atomic mass is 16.4. The number of nitriles is 1. The highest BCUT2D eigenvalue weighted by Crippen LogP contribution is 2.28. The highest BCUT2D eigenvalue weighted by molar-refractivity contribution is 5.80. The molecule has 27 heavy (non-hydrogen) atoms. The van der Waals surface area contributed by atoms with E-state index < -0.39 is 0 Å². The van der Waals surface area contributed by atoms with Gasteiger partial charge >= 0.3 is 0 Å². The first-order valence-electron chi connectivity index (χ1n) is 9.63. The number of benzene rings is 1. The maximum Gasteiger partial charge on any atom is 0.254 e. The van der Waals surface area contributed by atoms with Gasteiger partial charge in [0, 0.05) is 12.5 Å². The van der Waals surface area contributed by atoms with Crippen LogP contribution in [0, 0.1) is 11.3 Å². The first-order chi connectivity index (χ1) is 12.8. The Hall–Kier alpha value is -2.61. The zero-order valence-corrected chi connectivity index (χ0v) is 17.1. The van der Waals surface area contributed by atoms with E-state index in [4.69, 9.17) is 4.42 Å². The second-order valence-electron chi connectivity index (χ2n) is 7.85. The van der Waals surface area contributed by atoms with Crippen LogP contribution in [0.3, 0.4) is 0 Å². The molecular formula is C22H30N4O. The van der Waals surface area contributed by atoms with Gasteiger partial charge in [0.1, 0.15) is 6.07 Å². The van der Waals surface area contributed by atoms with Crippen molar-refractivity contribution in [1.82, 2.24) is 4.98 Å². The minimum absolute atomic E-state index is 0.252. The summed E-state index contributed by atoms with van der Waals surface area (Å²) >= 11 is 0. The molecule has 2 rings (SSSR count). The van der Waals surface area contributed by atoms with E-state index in [9.17, 15) is 5.26 Å². The Morgan fingerprint density at radius 2 is 1.89 bits per heavy atom. The van der Waals surface area contributed by atoms with Gasteiger partial charge < -0.3 is 4.42 Å². The molecule has 1 heterocycles. The van der Waals surface area contributed by atoms with Crippen molar-refractivity contribution in [3.63, 3.8) is 0 Å². The van der Waals surface area contributed by atoms with Gasteiger partial charge in [-0.3, -0.25) is 0 Å². The fourth-order valence-corrected chi connectivity index (χ4v) is 2.66. The van der Waals surface area contributed by atoms with Gasteiger partial charge in [0.05, 0.1) is 6.21 Å². The largest absolute Gasteiger partial charge is 0.421 e. The zero-order valence-electron chi connectivity index (χ0n) is 17.1. The first kappa shape index (κ1) is 20.7. The van der Waals surface area contributed by atoms with Crippen LogP contribution in [0.2, 0.25) is 0 Å². The number of nitrogens with zero attached hydrogens (tertiary/aromatic N) is 4. The van der Waals surface area contributed by atoms with E-state index >= 15 is 0 Å². The third-order valence-electron chi connectivity index (χ3n) is 4.33. The third kappa shape index (κ3) is 5.96. The summed E-state index contributed by atoms with van der Waals surface area (Å²) < 4.78 is 5.78. The molecule has 0 bridgehead atoms. The first-order valence-corrected chi connectivity index (χ1v) is 9.63. The average molecular weight is 367 g/mol. The topological polar surface area (TPSA) is 65.4 Å². The molecular weight excluding hydrogens is 336 g/mol. The fourth-order valence-electron chi connectivity index (χ4n) is 2.66. The number of oxazole rings is 1. The molecule has 2 aromatic rings. The summed E-state index contributed by atoms with van der Waals surface area (Å²) in [5.41, 5.74) is 2.35. The zero-order chi connectivity index (χ0) is 19.9. The standard InChI is InChI=1S/C22H30N4O/c1-6-7-8-9-10-17-11-13-18(14-12-17)16-24-26(5)20-19(15-23)25-21(27-20)22(2,3)4/h11-14,16H,6-10H2,1-5H3. The number of unbranched alkanes of at least 4 members (excludes halogenated alkanes) is 3. The summed E-state index contributed by atoms with van der Waals surface area (Å²) in [7, 11) is 1.76. The summed E-state index contributed by atoms with van der Waals surface area (Å²) in [5.74, 6) is 0.898. The molecule has 0 atom stereocenters. The van der Waals surface area contributed by atoms with Crippen molar-refractivity contribution < 1.29 is 4.42 Å². The molecule has 0 spiro atoms. The number of anilines is 1. The van der Waals surface area contributed by atoms with Crippen LogP contribution in [0.4, 0.5) is 5.88 Å². The van der Waals surface area contributed by atoms with Gasteiger partial charge in [-0.15, -0.1) is 0 Å². The lowest BCUT2D eigenvalue weighted by molar-refractivity contribution is 0.394. The third-order valence-corrected chi connectivity index (χ3v) is 4.33. The number of hydrogen-bond donors (Lipinski definition) is 0. The molecule has 0 aliphatic carbocycles. The van der Waals surface area contributed by atoms with E-state index in [1.54, 1.807) is 18.3 Å². The Kier molecular flexibility index (Phi) is 7.18. The average Bonchev–Trinajstić information content (AvgIpc) is 3.09. The van der Waals surface area contributed by atoms with Crippen molar-refractivity contribution in [2.75, 3.05) is 12.1 Å². The van der Waals surface area contributed by atoms with Gasteiger partial charge in [-0.05, 0) is 24.0 Å². The molecule has 0 saturated carbocycles. The number of hydrogen-bond acceptors (Lipinski definition) is 5. The number of aromatic nitrogens is 1. The summed E-state index contributed by atoms with van der Waals surface area (Å²) in [6.45, 7) is 8.22. The van der Waals surface area contributed by atoms with Crippen LogP contribution in [0.15, 0.2) is 33.8 Å². The Labute approximate surface area is 162 Å². The lowest BCUT2D eigenvalue weighted by Crippen LogP contribution is -2.11. The number of rotatable bonds is 8. The Balaban J connectivity index is 2.03. The quantitative estimate of drug-likeness (QED) is 0.354. The van der Waals surface area contributed by atoms with Gasteiger partial charge in [-0.1, -0.05) is 71.2 Å². The second kappa shape index (κ2) is 9.36. The minimum atomic E-state index is -0.263. The molecule has 144 valence electrons. The van der Waals surface area contributed by atoms with Crippen LogP contribution >= 0.6 is 0 Å². The molecule has 0 N–H and O–H groups in total. The lowest BCUT2D eigenvalue weighted by Gasteiger charge is -2.13. The lowest BCUT2D eigenvalue weighted by atomic mass is 9.97. The van der Waals surface area contributed by atoms with Crippen molar-refractivity contribution >= 4 is 12.1 Å². The summed E-state index contributed by atoms with van der Waals surface area (Å²) in [6, 6.07) is 10.5. The molecule has 0 unspecified atom stereocenters. The Bertz CT molecular complexity index is 791. The maximum atomic E-state index is 9.32. The van der Waals surface area contributed by atoms with E-state index in [1.807, 2.05) is 20.8 Å². The van der Waals surface area contributed by atoms with Crippen molar-refractivity contribution in [2.24, 2.45) is 5.10 Å². The van der Waals surface area contributed by atoms with Crippen LogP contribution in [-0.2, 0) is 11.8 Å². The monoisotopic (exact) mass is 366 g/mol. The number of aryl methyl sites for hydroxylation is 1. The van der Waals surface area contributed by atoms with Crippen LogP contribution in [-0.4, -0.2) is 18.2 Å². The van der Waals surface area contributed by atoms with Crippen molar-refractivity contribution in [3.8, 4) is 6.07 Å². The Morgan fingerprint density at radius 1 is 1.19 bits per heavy atom. The minimum Gasteiger partial charge on any atom is -0.421 e. The van der Waals surface area contributed by atoms with Crippen molar-refractivity contribution in [1.29, 1.82) is 5.26 Å². The van der Waals surface area contributed by atoms with Gasteiger partial charge in [-0.2, -0.15) is 15.3 Å². The van der Waals surface area contributed by atoms with Gasteiger partial charge in [0.15, 0.2) is 0 Å². The summed E-state index contributed by atoms with van der Waals surface area (Å²) in [4.78, 5) is 4.29. The molecule has 0 amide bonds. The maximum absolute atomic E-state index is 9.32. The van der Waals surface area contributed by atoms with Crippen molar-refractivity contribution in [3.05, 3.63) is 47.0 Å². The van der Waals surface area contributed by atoms with Crippen LogP contribution < -0.4 is 5.01 Å². The predicted molar refractivity (Wildman–Crippen MR) is 110 cm³/mol. The number of hydrazone groups is 1. The molecule has 5 heteroatoms. The van der Waals surface area contributed by atoms with Gasteiger partial charge in [0.25, 0.3) is 5.88 Å². The summed E-state index contributed by atoms with van der Waals surface area (Å²) in [5, 5.41) is 15.3. The fraction of sp³-hybridized carbons (Fsp3) is 0.500. The van der Waals surface area contributed by atoms with E-state index in [-0.39, 0.29) is 11.1 Å².